The van der Waals surface area contributed by atoms with Crippen molar-refractivity contribution in [2.45, 2.75) is 51.5 Å². The summed E-state index contributed by atoms with van der Waals surface area (Å²) in [4.78, 5) is 31.9. The number of carbonyl (C=O) groups is 2. The van der Waals surface area contributed by atoms with E-state index in [4.69, 9.17) is 4.52 Å². The van der Waals surface area contributed by atoms with Gasteiger partial charge in [0.1, 0.15) is 6.04 Å². The molecule has 4 rings (SSSR count). The Morgan fingerprint density at radius 3 is 2.96 bits per heavy atom. The Hall–Kier alpha value is -2.44. The largest absolute Gasteiger partial charge is 0.354 e. The molecule has 0 unspecified atom stereocenters. The van der Waals surface area contributed by atoms with E-state index in [1.165, 1.54) is 0 Å². The van der Waals surface area contributed by atoms with Crippen molar-refractivity contribution in [3.8, 4) is 0 Å². The van der Waals surface area contributed by atoms with Crippen LogP contribution < -0.4 is 5.32 Å². The molecule has 2 fully saturated rings. The standard InChI is InChI=1S/C18H22N4O3/c1-3-14-16(23)19-7-4-8-22(14)18(24)12-9-13(11-5-6-11)20-17-15(12)10(2)21-25-17/h9,11,14H,3-8H2,1-2H3,(H,19,23)/t14-/m0/s1. The van der Waals surface area contributed by atoms with Gasteiger partial charge in [-0.05, 0) is 38.7 Å². The summed E-state index contributed by atoms with van der Waals surface area (Å²) in [5.74, 6) is 0.184. The first-order valence-corrected chi connectivity index (χ1v) is 8.95. The highest BCUT2D eigenvalue weighted by molar-refractivity contribution is 6.07. The number of carbonyl (C=O) groups excluding carboxylic acids is 2. The maximum atomic E-state index is 13.4. The molecule has 7 nitrogen and oxygen atoms in total. The van der Waals surface area contributed by atoms with Crippen LogP contribution in [0.2, 0.25) is 0 Å². The van der Waals surface area contributed by atoms with Gasteiger partial charge >= 0.3 is 0 Å². The predicted molar refractivity (Wildman–Crippen MR) is 91.3 cm³/mol. The fourth-order valence-corrected chi connectivity index (χ4v) is 3.55. The van der Waals surface area contributed by atoms with Crippen molar-refractivity contribution >= 4 is 22.9 Å². The topological polar surface area (TPSA) is 88.3 Å². The van der Waals surface area contributed by atoms with Gasteiger partial charge in [-0.1, -0.05) is 12.1 Å². The second-order valence-electron chi connectivity index (χ2n) is 6.88. The molecule has 0 bridgehead atoms. The maximum absolute atomic E-state index is 13.4. The molecule has 1 saturated heterocycles. The third kappa shape index (κ3) is 2.77. The molecule has 132 valence electrons. The van der Waals surface area contributed by atoms with Crippen molar-refractivity contribution in [3.63, 3.8) is 0 Å². The minimum Gasteiger partial charge on any atom is -0.354 e. The lowest BCUT2D eigenvalue weighted by molar-refractivity contribution is -0.124. The molecular weight excluding hydrogens is 320 g/mol. The molecule has 0 radical (unpaired) electrons. The van der Waals surface area contributed by atoms with Crippen molar-refractivity contribution < 1.29 is 14.1 Å². The van der Waals surface area contributed by atoms with E-state index in [1.807, 2.05) is 19.9 Å². The second-order valence-corrected chi connectivity index (χ2v) is 6.88. The van der Waals surface area contributed by atoms with Crippen LogP contribution in [0.1, 0.15) is 60.3 Å². The summed E-state index contributed by atoms with van der Waals surface area (Å²) in [6.07, 6.45) is 3.51. The highest BCUT2D eigenvalue weighted by Gasteiger charge is 2.34. The Bertz CT molecular complexity index is 840. The summed E-state index contributed by atoms with van der Waals surface area (Å²) in [7, 11) is 0. The van der Waals surface area contributed by atoms with Gasteiger partial charge in [-0.25, -0.2) is 4.98 Å². The Morgan fingerprint density at radius 1 is 1.44 bits per heavy atom. The maximum Gasteiger partial charge on any atom is 0.259 e. The number of amides is 2. The van der Waals surface area contributed by atoms with Crippen LogP contribution in [0.25, 0.3) is 11.1 Å². The molecule has 25 heavy (non-hydrogen) atoms. The molecule has 0 spiro atoms. The monoisotopic (exact) mass is 342 g/mol. The van der Waals surface area contributed by atoms with Gasteiger partial charge in [-0.15, -0.1) is 0 Å². The number of hydrogen-bond donors (Lipinski definition) is 1. The van der Waals surface area contributed by atoms with Crippen LogP contribution in [0.15, 0.2) is 10.6 Å². The number of nitrogens with one attached hydrogen (secondary N) is 1. The summed E-state index contributed by atoms with van der Waals surface area (Å²) in [5.41, 5.74) is 2.51. The Balaban J connectivity index is 1.80. The van der Waals surface area contributed by atoms with E-state index in [0.717, 1.165) is 25.0 Å². The molecule has 1 aliphatic carbocycles. The average Bonchev–Trinajstić information content (AvgIpc) is 3.41. The number of nitrogens with zero attached hydrogens (tertiary/aromatic N) is 3. The molecule has 2 aromatic heterocycles. The highest BCUT2D eigenvalue weighted by atomic mass is 16.5. The van der Waals surface area contributed by atoms with Crippen LogP contribution in [0, 0.1) is 6.92 Å². The SMILES string of the molecule is CC[C@H]1C(=O)NCCCN1C(=O)c1cc(C2CC2)nc2onc(C)c12. The van der Waals surface area contributed by atoms with Crippen LogP contribution in [-0.2, 0) is 4.79 Å². The van der Waals surface area contributed by atoms with E-state index in [1.54, 1.807) is 4.90 Å². The van der Waals surface area contributed by atoms with E-state index in [-0.39, 0.29) is 11.8 Å². The van der Waals surface area contributed by atoms with Gasteiger partial charge in [0, 0.05) is 24.7 Å². The highest BCUT2D eigenvalue weighted by Crippen LogP contribution is 2.40. The normalized spacial score (nSPS) is 21.3. The average molecular weight is 342 g/mol. The Labute approximate surface area is 145 Å². The van der Waals surface area contributed by atoms with Crippen molar-refractivity contribution in [3.05, 3.63) is 23.0 Å². The van der Waals surface area contributed by atoms with Gasteiger partial charge in [0.05, 0.1) is 16.6 Å². The van der Waals surface area contributed by atoms with Gasteiger partial charge in [-0.3, -0.25) is 9.59 Å². The van der Waals surface area contributed by atoms with E-state index >= 15 is 0 Å². The van der Waals surface area contributed by atoms with Crippen molar-refractivity contribution in [2.75, 3.05) is 13.1 Å². The van der Waals surface area contributed by atoms with Gasteiger partial charge in [0.15, 0.2) is 0 Å². The first kappa shape index (κ1) is 16.1. The lowest BCUT2D eigenvalue weighted by Crippen LogP contribution is -2.46. The van der Waals surface area contributed by atoms with E-state index in [0.29, 0.717) is 47.8 Å². The zero-order valence-corrected chi connectivity index (χ0v) is 14.5. The summed E-state index contributed by atoms with van der Waals surface area (Å²) < 4.78 is 5.33. The molecule has 0 aromatic carbocycles. The minimum atomic E-state index is -0.442. The second kappa shape index (κ2) is 6.13. The molecular formula is C18H22N4O3. The summed E-state index contributed by atoms with van der Waals surface area (Å²) in [6, 6.07) is 1.44. The third-order valence-corrected chi connectivity index (χ3v) is 5.06. The van der Waals surface area contributed by atoms with Crippen molar-refractivity contribution in [1.82, 2.24) is 20.4 Å². The van der Waals surface area contributed by atoms with Crippen molar-refractivity contribution in [2.24, 2.45) is 0 Å². The zero-order valence-electron chi connectivity index (χ0n) is 14.5. The lowest BCUT2D eigenvalue weighted by Gasteiger charge is -2.28. The fraction of sp³-hybridized carbons (Fsp3) is 0.556. The van der Waals surface area contributed by atoms with E-state index < -0.39 is 6.04 Å². The molecule has 1 aliphatic heterocycles. The molecule has 1 atom stereocenters. The quantitative estimate of drug-likeness (QED) is 0.923. The number of pyridine rings is 1. The Morgan fingerprint density at radius 2 is 2.24 bits per heavy atom. The minimum absolute atomic E-state index is 0.0805. The smallest absolute Gasteiger partial charge is 0.259 e. The van der Waals surface area contributed by atoms with Gasteiger partial charge in [-0.2, -0.15) is 0 Å². The number of aryl methyl sites for hydroxylation is 1. The summed E-state index contributed by atoms with van der Waals surface area (Å²) in [5, 5.41) is 7.54. The van der Waals surface area contributed by atoms with Gasteiger partial charge in [0.2, 0.25) is 5.91 Å². The van der Waals surface area contributed by atoms with Crippen molar-refractivity contribution in [1.29, 1.82) is 0 Å². The number of aromatic nitrogens is 2. The van der Waals surface area contributed by atoms with Crippen LogP contribution in [0.3, 0.4) is 0 Å². The Kier molecular flexibility index (Phi) is 3.94. The molecule has 2 amide bonds. The first-order chi connectivity index (χ1) is 12.1. The summed E-state index contributed by atoms with van der Waals surface area (Å²) in [6.45, 7) is 4.90. The molecule has 1 saturated carbocycles. The number of fused-ring (bicyclic) bond motifs is 1. The molecule has 1 N–H and O–H groups in total. The number of rotatable bonds is 3. The van der Waals surface area contributed by atoms with E-state index in [9.17, 15) is 9.59 Å². The van der Waals surface area contributed by atoms with Gasteiger partial charge < -0.3 is 14.7 Å². The predicted octanol–water partition coefficient (Wildman–Crippen LogP) is 2.15. The lowest BCUT2D eigenvalue weighted by atomic mass is 10.0. The molecule has 2 aliphatic rings. The fourth-order valence-electron chi connectivity index (χ4n) is 3.55. The number of hydrogen-bond acceptors (Lipinski definition) is 5. The van der Waals surface area contributed by atoms with E-state index in [2.05, 4.69) is 15.5 Å². The third-order valence-electron chi connectivity index (χ3n) is 5.06. The molecule has 2 aromatic rings. The van der Waals surface area contributed by atoms with Crippen LogP contribution in [0.5, 0.6) is 0 Å². The molecule has 3 heterocycles. The molecule has 7 heteroatoms. The summed E-state index contributed by atoms with van der Waals surface area (Å²) >= 11 is 0. The van der Waals surface area contributed by atoms with Crippen LogP contribution in [0.4, 0.5) is 0 Å². The van der Waals surface area contributed by atoms with Crippen LogP contribution >= 0.6 is 0 Å². The first-order valence-electron chi connectivity index (χ1n) is 8.95. The zero-order chi connectivity index (χ0) is 17.6. The van der Waals surface area contributed by atoms with Gasteiger partial charge in [0.25, 0.3) is 11.6 Å². The van der Waals surface area contributed by atoms with Crippen LogP contribution in [-0.4, -0.2) is 46.0 Å².